The van der Waals surface area contributed by atoms with Crippen LogP contribution in [-0.4, -0.2) is 0 Å². The van der Waals surface area contributed by atoms with Crippen molar-refractivity contribution in [1.82, 2.24) is 0 Å². The van der Waals surface area contributed by atoms with Gasteiger partial charge in [-0.25, -0.2) is 0 Å². The van der Waals surface area contributed by atoms with Crippen LogP contribution in [0.1, 0.15) is 11.1 Å². The van der Waals surface area contributed by atoms with Crippen molar-refractivity contribution in [2.24, 2.45) is 0 Å². The molecule has 112 valence electrons. The lowest BCUT2D eigenvalue weighted by Crippen LogP contribution is -2.11. The van der Waals surface area contributed by atoms with Crippen LogP contribution in [0, 0.1) is 0 Å². The predicted octanol–water partition coefficient (Wildman–Crippen LogP) is 6.28. The van der Waals surface area contributed by atoms with Gasteiger partial charge in [-0.2, -0.15) is 13.2 Å². The topological polar surface area (TPSA) is 12.0 Å². The third-order valence-corrected chi connectivity index (χ3v) is 3.69. The van der Waals surface area contributed by atoms with Crippen molar-refractivity contribution >= 4 is 40.5 Å². The van der Waals surface area contributed by atoms with Gasteiger partial charge in [0.15, 0.2) is 0 Å². The molecule has 0 spiro atoms. The second-order valence-corrected chi connectivity index (χ2v) is 5.50. The van der Waals surface area contributed by atoms with Crippen molar-refractivity contribution in [1.29, 1.82) is 0 Å². The molecule has 0 unspecified atom stereocenters. The summed E-state index contributed by atoms with van der Waals surface area (Å²) in [6.45, 7) is 0.100. The Morgan fingerprint density at radius 3 is 2.29 bits per heavy atom. The molecule has 0 aromatic heterocycles. The Labute approximate surface area is 134 Å². The number of nitrogens with one attached hydrogen (secondary N) is 1. The van der Waals surface area contributed by atoms with Gasteiger partial charge in [-0.3, -0.25) is 0 Å². The van der Waals surface area contributed by atoms with Crippen LogP contribution in [0.2, 0.25) is 15.1 Å². The molecule has 1 nitrogen and oxygen atoms in total. The van der Waals surface area contributed by atoms with E-state index in [1.165, 1.54) is 18.2 Å². The van der Waals surface area contributed by atoms with Crippen LogP contribution in [0.3, 0.4) is 0 Å². The van der Waals surface area contributed by atoms with E-state index in [4.69, 9.17) is 34.8 Å². The van der Waals surface area contributed by atoms with Crippen molar-refractivity contribution in [3.05, 3.63) is 62.6 Å². The third-order valence-electron chi connectivity index (χ3n) is 2.79. The maximum Gasteiger partial charge on any atom is 0.418 e. The Morgan fingerprint density at radius 2 is 1.67 bits per heavy atom. The zero-order valence-corrected chi connectivity index (χ0v) is 12.7. The van der Waals surface area contributed by atoms with Gasteiger partial charge < -0.3 is 5.32 Å². The van der Waals surface area contributed by atoms with E-state index < -0.39 is 11.7 Å². The summed E-state index contributed by atoms with van der Waals surface area (Å²) in [6.07, 6.45) is -4.49. The maximum absolute atomic E-state index is 12.9. The van der Waals surface area contributed by atoms with Crippen molar-refractivity contribution < 1.29 is 13.2 Å². The first-order valence-corrected chi connectivity index (χ1v) is 6.96. The van der Waals surface area contributed by atoms with Crippen LogP contribution in [0.25, 0.3) is 0 Å². The highest BCUT2D eigenvalue weighted by Gasteiger charge is 2.34. The monoisotopic (exact) mass is 353 g/mol. The molecule has 0 radical (unpaired) electrons. The largest absolute Gasteiger partial charge is 0.418 e. The SMILES string of the molecule is FC(F)(F)c1cccc(Cl)c1NCc1ccc(Cl)cc1Cl. The van der Waals surface area contributed by atoms with E-state index in [2.05, 4.69) is 5.32 Å². The molecule has 0 fully saturated rings. The number of anilines is 1. The number of alkyl halides is 3. The van der Waals surface area contributed by atoms with Gasteiger partial charge in [0, 0.05) is 16.6 Å². The molecule has 7 heteroatoms. The van der Waals surface area contributed by atoms with Gasteiger partial charge in [0.1, 0.15) is 0 Å². The summed E-state index contributed by atoms with van der Waals surface area (Å²) in [5.41, 5.74) is -0.369. The molecule has 0 saturated carbocycles. The molecule has 0 atom stereocenters. The van der Waals surface area contributed by atoms with E-state index in [0.717, 1.165) is 6.07 Å². The smallest absolute Gasteiger partial charge is 0.379 e. The number of rotatable bonds is 3. The summed E-state index contributed by atoms with van der Waals surface area (Å²) in [5.74, 6) is 0. The lowest BCUT2D eigenvalue weighted by Gasteiger charge is -2.16. The normalized spacial score (nSPS) is 11.5. The van der Waals surface area contributed by atoms with Crippen LogP contribution >= 0.6 is 34.8 Å². The van der Waals surface area contributed by atoms with Gasteiger partial charge in [0.05, 0.1) is 16.3 Å². The van der Waals surface area contributed by atoms with Crippen LogP contribution in [0.15, 0.2) is 36.4 Å². The Hall–Kier alpha value is -1.10. The standard InChI is InChI=1S/C14H9Cl3F3N/c15-9-5-4-8(12(17)6-9)7-21-13-10(14(18,19)20)2-1-3-11(13)16/h1-6,21H,7H2. The second-order valence-electron chi connectivity index (χ2n) is 4.25. The molecule has 2 aromatic rings. The van der Waals surface area contributed by atoms with E-state index in [1.807, 2.05) is 0 Å². The van der Waals surface area contributed by atoms with Gasteiger partial charge in [-0.15, -0.1) is 0 Å². The second kappa shape index (κ2) is 6.34. The average Bonchev–Trinajstić information content (AvgIpc) is 2.37. The molecular weight excluding hydrogens is 346 g/mol. The summed E-state index contributed by atoms with van der Waals surface area (Å²) in [4.78, 5) is 0. The fourth-order valence-electron chi connectivity index (χ4n) is 1.79. The summed E-state index contributed by atoms with van der Waals surface area (Å²) >= 11 is 17.6. The van der Waals surface area contributed by atoms with E-state index in [-0.39, 0.29) is 17.3 Å². The quantitative estimate of drug-likeness (QED) is 0.684. The van der Waals surface area contributed by atoms with Crippen LogP contribution in [-0.2, 0) is 12.7 Å². The molecule has 0 amide bonds. The van der Waals surface area contributed by atoms with Crippen LogP contribution < -0.4 is 5.32 Å². The van der Waals surface area contributed by atoms with Crippen molar-refractivity contribution in [3.63, 3.8) is 0 Å². The van der Waals surface area contributed by atoms with E-state index in [9.17, 15) is 13.2 Å². The maximum atomic E-state index is 12.9. The minimum Gasteiger partial charge on any atom is -0.379 e. The molecule has 21 heavy (non-hydrogen) atoms. The molecule has 0 heterocycles. The van der Waals surface area contributed by atoms with E-state index in [1.54, 1.807) is 12.1 Å². The Balaban J connectivity index is 2.28. The molecule has 2 rings (SSSR count). The van der Waals surface area contributed by atoms with Gasteiger partial charge >= 0.3 is 6.18 Å². The molecule has 0 aliphatic heterocycles. The Morgan fingerprint density at radius 1 is 0.952 bits per heavy atom. The number of para-hydroxylation sites is 1. The molecule has 0 saturated heterocycles. The van der Waals surface area contributed by atoms with E-state index >= 15 is 0 Å². The van der Waals surface area contributed by atoms with Crippen molar-refractivity contribution in [3.8, 4) is 0 Å². The number of hydrogen-bond donors (Lipinski definition) is 1. The highest BCUT2D eigenvalue weighted by atomic mass is 35.5. The summed E-state index contributed by atoms with van der Waals surface area (Å²) in [5, 5.41) is 3.51. The first kappa shape index (κ1) is 16.3. The van der Waals surface area contributed by atoms with E-state index in [0.29, 0.717) is 15.6 Å². The molecule has 1 N–H and O–H groups in total. The third kappa shape index (κ3) is 3.96. The Bertz CT molecular complexity index is 656. The molecule has 0 aliphatic rings. The van der Waals surface area contributed by atoms with Gasteiger partial charge in [0.2, 0.25) is 0 Å². The zero-order valence-electron chi connectivity index (χ0n) is 10.4. The van der Waals surface area contributed by atoms with Gasteiger partial charge in [0.25, 0.3) is 0 Å². The minimum atomic E-state index is -4.49. The van der Waals surface area contributed by atoms with Crippen molar-refractivity contribution in [2.45, 2.75) is 12.7 Å². The first-order valence-electron chi connectivity index (χ1n) is 5.82. The average molecular weight is 355 g/mol. The molecule has 0 bridgehead atoms. The highest BCUT2D eigenvalue weighted by molar-refractivity contribution is 6.35. The van der Waals surface area contributed by atoms with Gasteiger partial charge in [-0.1, -0.05) is 46.9 Å². The predicted molar refractivity (Wildman–Crippen MR) is 80.2 cm³/mol. The van der Waals surface area contributed by atoms with Crippen molar-refractivity contribution in [2.75, 3.05) is 5.32 Å². The minimum absolute atomic E-state index is 0.00471. The summed E-state index contributed by atoms with van der Waals surface area (Å²) in [6, 6.07) is 8.40. The lowest BCUT2D eigenvalue weighted by molar-refractivity contribution is -0.136. The lowest BCUT2D eigenvalue weighted by atomic mass is 10.1. The summed E-state index contributed by atoms with van der Waals surface area (Å²) in [7, 11) is 0. The van der Waals surface area contributed by atoms with Gasteiger partial charge in [-0.05, 0) is 29.8 Å². The fraction of sp³-hybridized carbons (Fsp3) is 0.143. The first-order chi connectivity index (χ1) is 9.79. The summed E-state index contributed by atoms with van der Waals surface area (Å²) < 4.78 is 38.8. The van der Waals surface area contributed by atoms with Crippen LogP contribution in [0.4, 0.5) is 18.9 Å². The number of halogens is 6. The van der Waals surface area contributed by atoms with Crippen LogP contribution in [0.5, 0.6) is 0 Å². The zero-order chi connectivity index (χ0) is 15.6. The molecule has 0 aliphatic carbocycles. The molecule has 2 aromatic carbocycles. The fourth-order valence-corrected chi connectivity index (χ4v) is 2.51. The number of benzene rings is 2. The highest BCUT2D eigenvalue weighted by Crippen LogP contribution is 2.38. The Kier molecular flexibility index (Phi) is 4.91. The molecular formula is C14H9Cl3F3N. The number of hydrogen-bond acceptors (Lipinski definition) is 1.